The minimum absolute atomic E-state index is 0.0398. The molecule has 104 valence electrons. The Balaban J connectivity index is 2.04. The van der Waals surface area contributed by atoms with Gasteiger partial charge in [0.05, 0.1) is 11.5 Å². The fourth-order valence-corrected chi connectivity index (χ4v) is 2.32. The van der Waals surface area contributed by atoms with Crippen LogP contribution in [0.4, 0.5) is 11.4 Å². The average Bonchev–Trinajstić information content (AvgIpc) is 2.32. The molecule has 5 nitrogen and oxygen atoms in total. The number of ether oxygens (including phenoxy) is 1. The van der Waals surface area contributed by atoms with Crippen molar-refractivity contribution in [3.05, 3.63) is 28.3 Å². The van der Waals surface area contributed by atoms with Crippen LogP contribution in [0.1, 0.15) is 32.6 Å². The van der Waals surface area contributed by atoms with E-state index in [2.05, 4.69) is 5.32 Å². The minimum atomic E-state index is -0.378. The van der Waals surface area contributed by atoms with E-state index in [-0.39, 0.29) is 10.6 Å². The van der Waals surface area contributed by atoms with Gasteiger partial charge in [-0.05, 0) is 31.4 Å². The van der Waals surface area contributed by atoms with E-state index >= 15 is 0 Å². The molecule has 1 fully saturated rings. The summed E-state index contributed by atoms with van der Waals surface area (Å²) < 4.78 is 5.32. The van der Waals surface area contributed by atoms with E-state index < -0.39 is 0 Å². The molecule has 0 heterocycles. The zero-order valence-corrected chi connectivity index (χ0v) is 11.2. The fourth-order valence-electron chi connectivity index (χ4n) is 2.32. The SMILES string of the molecule is CCOc1cccc(NCCC2CCC2)c1[N+](=O)[O-]. The van der Waals surface area contributed by atoms with E-state index in [1.54, 1.807) is 18.2 Å². The summed E-state index contributed by atoms with van der Waals surface area (Å²) >= 11 is 0. The number of nitro groups is 1. The molecule has 0 radical (unpaired) electrons. The fraction of sp³-hybridized carbons (Fsp3) is 0.571. The van der Waals surface area contributed by atoms with Crippen molar-refractivity contribution in [1.29, 1.82) is 0 Å². The molecule has 0 aromatic heterocycles. The summed E-state index contributed by atoms with van der Waals surface area (Å²) in [6.45, 7) is 3.02. The van der Waals surface area contributed by atoms with Crippen molar-refractivity contribution in [3.8, 4) is 5.75 Å². The molecule has 2 rings (SSSR count). The Morgan fingerprint density at radius 3 is 2.84 bits per heavy atom. The zero-order chi connectivity index (χ0) is 13.7. The maximum atomic E-state index is 11.2. The van der Waals surface area contributed by atoms with Crippen molar-refractivity contribution in [2.75, 3.05) is 18.5 Å². The molecule has 0 aliphatic heterocycles. The van der Waals surface area contributed by atoms with Gasteiger partial charge in [-0.3, -0.25) is 10.1 Å². The second-order valence-electron chi connectivity index (χ2n) is 4.85. The average molecular weight is 264 g/mol. The number of para-hydroxylation sites is 1. The van der Waals surface area contributed by atoms with Crippen LogP contribution < -0.4 is 10.1 Å². The largest absolute Gasteiger partial charge is 0.487 e. The van der Waals surface area contributed by atoms with Gasteiger partial charge < -0.3 is 10.1 Å². The predicted octanol–water partition coefficient (Wildman–Crippen LogP) is 3.60. The minimum Gasteiger partial charge on any atom is -0.487 e. The van der Waals surface area contributed by atoms with Gasteiger partial charge in [-0.25, -0.2) is 0 Å². The van der Waals surface area contributed by atoms with Crippen LogP contribution in [-0.4, -0.2) is 18.1 Å². The summed E-state index contributed by atoms with van der Waals surface area (Å²) in [7, 11) is 0. The van der Waals surface area contributed by atoms with Crippen molar-refractivity contribution < 1.29 is 9.66 Å². The highest BCUT2D eigenvalue weighted by atomic mass is 16.6. The van der Waals surface area contributed by atoms with Crippen LogP contribution >= 0.6 is 0 Å². The van der Waals surface area contributed by atoms with E-state index in [9.17, 15) is 10.1 Å². The second-order valence-corrected chi connectivity index (χ2v) is 4.85. The molecule has 19 heavy (non-hydrogen) atoms. The first-order chi connectivity index (χ1) is 9.22. The summed E-state index contributed by atoms with van der Waals surface area (Å²) in [4.78, 5) is 10.8. The highest BCUT2D eigenvalue weighted by Crippen LogP contribution is 2.35. The molecule has 0 unspecified atom stereocenters. The molecule has 0 amide bonds. The molecule has 1 aliphatic carbocycles. The molecule has 1 saturated carbocycles. The first-order valence-corrected chi connectivity index (χ1v) is 6.86. The van der Waals surface area contributed by atoms with Gasteiger partial charge in [0.1, 0.15) is 5.69 Å². The van der Waals surface area contributed by atoms with Gasteiger partial charge in [0.15, 0.2) is 5.75 Å². The number of nitro benzene ring substituents is 1. The Morgan fingerprint density at radius 1 is 1.47 bits per heavy atom. The number of benzene rings is 1. The maximum absolute atomic E-state index is 11.2. The molecule has 0 spiro atoms. The molecule has 5 heteroatoms. The van der Waals surface area contributed by atoms with Crippen molar-refractivity contribution in [3.63, 3.8) is 0 Å². The molecular weight excluding hydrogens is 244 g/mol. The van der Waals surface area contributed by atoms with E-state index in [1.165, 1.54) is 19.3 Å². The molecule has 1 aromatic rings. The van der Waals surface area contributed by atoms with Gasteiger partial charge in [0.25, 0.3) is 0 Å². The Kier molecular flexibility index (Phi) is 4.60. The van der Waals surface area contributed by atoms with Crippen LogP contribution in [0.15, 0.2) is 18.2 Å². The van der Waals surface area contributed by atoms with Crippen molar-refractivity contribution in [2.45, 2.75) is 32.6 Å². The van der Waals surface area contributed by atoms with Gasteiger partial charge in [-0.1, -0.05) is 25.3 Å². The van der Waals surface area contributed by atoms with Crippen molar-refractivity contribution in [2.24, 2.45) is 5.92 Å². The second kappa shape index (κ2) is 6.41. The quantitative estimate of drug-likeness (QED) is 0.603. The molecule has 0 saturated heterocycles. The highest BCUT2D eigenvalue weighted by molar-refractivity contribution is 5.68. The van der Waals surface area contributed by atoms with Crippen LogP contribution in [-0.2, 0) is 0 Å². The first kappa shape index (κ1) is 13.6. The number of hydrogen-bond acceptors (Lipinski definition) is 4. The standard InChI is InChI=1S/C14H20N2O3/c1-2-19-13-8-4-7-12(14(13)16(17)18)15-10-9-11-5-3-6-11/h4,7-8,11,15H,2-3,5-6,9-10H2,1H3. The molecule has 1 aliphatic rings. The van der Waals surface area contributed by atoms with Crippen molar-refractivity contribution in [1.82, 2.24) is 0 Å². The Labute approximate surface area is 113 Å². The lowest BCUT2D eigenvalue weighted by Gasteiger charge is -2.25. The van der Waals surface area contributed by atoms with Gasteiger partial charge >= 0.3 is 5.69 Å². The normalized spacial score (nSPS) is 14.8. The number of hydrogen-bond donors (Lipinski definition) is 1. The third-order valence-corrected chi connectivity index (χ3v) is 3.57. The molecule has 1 N–H and O–H groups in total. The van der Waals surface area contributed by atoms with E-state index in [0.29, 0.717) is 18.0 Å². The predicted molar refractivity (Wildman–Crippen MR) is 74.7 cm³/mol. The summed E-state index contributed by atoms with van der Waals surface area (Å²) in [6.07, 6.45) is 4.99. The van der Waals surface area contributed by atoms with Gasteiger partial charge in [-0.15, -0.1) is 0 Å². The topological polar surface area (TPSA) is 64.4 Å². The number of nitrogens with zero attached hydrogens (tertiary/aromatic N) is 1. The lowest BCUT2D eigenvalue weighted by Crippen LogP contribution is -2.16. The molecule has 0 bridgehead atoms. The molecule has 0 atom stereocenters. The maximum Gasteiger partial charge on any atom is 0.333 e. The Hall–Kier alpha value is -1.78. The van der Waals surface area contributed by atoms with Gasteiger partial charge in [0, 0.05) is 6.54 Å². The third-order valence-electron chi connectivity index (χ3n) is 3.57. The van der Waals surface area contributed by atoms with Crippen LogP contribution in [0.25, 0.3) is 0 Å². The van der Waals surface area contributed by atoms with Crippen molar-refractivity contribution >= 4 is 11.4 Å². The number of anilines is 1. The molecule has 1 aromatic carbocycles. The third kappa shape index (κ3) is 3.36. The van der Waals surface area contributed by atoms with Gasteiger partial charge in [-0.2, -0.15) is 0 Å². The number of nitrogens with one attached hydrogen (secondary N) is 1. The summed E-state index contributed by atoms with van der Waals surface area (Å²) in [6, 6.07) is 5.16. The van der Waals surface area contributed by atoms with Gasteiger partial charge in [0.2, 0.25) is 0 Å². The Morgan fingerprint density at radius 2 is 2.26 bits per heavy atom. The van der Waals surface area contributed by atoms with E-state index in [4.69, 9.17) is 4.74 Å². The van der Waals surface area contributed by atoms with Crippen LogP contribution in [0.2, 0.25) is 0 Å². The Bertz CT molecular complexity index is 444. The molecular formula is C14H20N2O3. The summed E-state index contributed by atoms with van der Waals surface area (Å²) in [5.74, 6) is 1.13. The zero-order valence-electron chi connectivity index (χ0n) is 11.2. The summed E-state index contributed by atoms with van der Waals surface area (Å²) in [5, 5.41) is 14.3. The first-order valence-electron chi connectivity index (χ1n) is 6.86. The van der Waals surface area contributed by atoms with Crippen LogP contribution in [0.5, 0.6) is 5.75 Å². The van der Waals surface area contributed by atoms with E-state index in [1.807, 2.05) is 6.92 Å². The number of rotatable bonds is 7. The van der Waals surface area contributed by atoms with Crippen LogP contribution in [0, 0.1) is 16.0 Å². The smallest absolute Gasteiger partial charge is 0.333 e. The monoisotopic (exact) mass is 264 g/mol. The highest BCUT2D eigenvalue weighted by Gasteiger charge is 2.21. The van der Waals surface area contributed by atoms with E-state index in [0.717, 1.165) is 18.9 Å². The van der Waals surface area contributed by atoms with Crippen LogP contribution in [0.3, 0.4) is 0 Å². The lowest BCUT2D eigenvalue weighted by atomic mass is 9.83. The summed E-state index contributed by atoms with van der Waals surface area (Å²) in [5.41, 5.74) is 0.591. The lowest BCUT2D eigenvalue weighted by molar-refractivity contribution is -0.384.